The van der Waals surface area contributed by atoms with Gasteiger partial charge in [-0.05, 0) is 0 Å². The Balaban J connectivity index is 4.22. The lowest BCUT2D eigenvalue weighted by Gasteiger charge is -2.14. The molecular formula is C8H11NO2. The molecule has 0 aliphatic carbocycles. The van der Waals surface area contributed by atoms with Gasteiger partial charge in [0.05, 0.1) is 0 Å². The zero-order chi connectivity index (χ0) is 8.85. The fourth-order valence-corrected chi connectivity index (χ4v) is 0.644. The number of terminal acetylenes is 1. The Labute approximate surface area is 66.1 Å². The van der Waals surface area contributed by atoms with E-state index in [1.54, 1.807) is 13.0 Å². The first-order chi connectivity index (χ1) is 5.13. The molecule has 0 aromatic carbocycles. The van der Waals surface area contributed by atoms with Crippen molar-refractivity contribution in [1.82, 2.24) is 5.32 Å². The van der Waals surface area contributed by atoms with Gasteiger partial charge in [-0.25, -0.2) is 4.79 Å². The van der Waals surface area contributed by atoms with Crippen molar-refractivity contribution in [2.45, 2.75) is 13.0 Å². The lowest BCUT2D eigenvalue weighted by molar-refractivity contribution is -0.139. The van der Waals surface area contributed by atoms with E-state index in [-0.39, 0.29) is 5.92 Å². The summed E-state index contributed by atoms with van der Waals surface area (Å²) in [6.45, 7) is 5.21. The number of hydrogen-bond acceptors (Lipinski definition) is 2. The van der Waals surface area contributed by atoms with Gasteiger partial charge in [0.1, 0.15) is 6.04 Å². The molecule has 3 heteroatoms. The smallest absolute Gasteiger partial charge is 0.327 e. The summed E-state index contributed by atoms with van der Waals surface area (Å²) in [7, 11) is 0. The van der Waals surface area contributed by atoms with Gasteiger partial charge in [0.15, 0.2) is 0 Å². The summed E-state index contributed by atoms with van der Waals surface area (Å²) in [6.07, 6.45) is 6.45. The highest BCUT2D eigenvalue weighted by Gasteiger charge is 2.20. The molecule has 60 valence electrons. The Kier molecular flexibility index (Phi) is 3.82. The van der Waals surface area contributed by atoms with Crippen LogP contribution < -0.4 is 5.32 Å². The molecule has 0 saturated carbocycles. The van der Waals surface area contributed by atoms with Crippen LogP contribution in [0, 0.1) is 18.4 Å². The van der Waals surface area contributed by atoms with Gasteiger partial charge in [-0.1, -0.05) is 19.4 Å². The Morgan fingerprint density at radius 3 is 2.73 bits per heavy atom. The van der Waals surface area contributed by atoms with Crippen LogP contribution in [0.1, 0.15) is 6.92 Å². The normalized spacial score (nSPS) is 14.2. The number of rotatable bonds is 4. The van der Waals surface area contributed by atoms with Crippen molar-refractivity contribution in [3.05, 3.63) is 12.7 Å². The minimum atomic E-state index is -0.963. The number of carbonyl (C=O) groups is 1. The predicted octanol–water partition coefficient (Wildman–Crippen LogP) is 0.442. The van der Waals surface area contributed by atoms with Crippen molar-refractivity contribution in [2.75, 3.05) is 0 Å². The number of hydrogen-bond donors (Lipinski definition) is 2. The Hall–Kier alpha value is -1.43. The van der Waals surface area contributed by atoms with Crippen molar-refractivity contribution in [2.24, 2.45) is 5.92 Å². The second-order valence-corrected chi connectivity index (χ2v) is 2.20. The molecule has 2 atom stereocenters. The van der Waals surface area contributed by atoms with Gasteiger partial charge in [-0.3, -0.25) is 0 Å². The van der Waals surface area contributed by atoms with Crippen LogP contribution in [0.5, 0.6) is 0 Å². The molecule has 0 fully saturated rings. The van der Waals surface area contributed by atoms with Gasteiger partial charge in [-0.15, -0.1) is 6.58 Å². The van der Waals surface area contributed by atoms with Crippen LogP contribution in [0.2, 0.25) is 0 Å². The van der Waals surface area contributed by atoms with Crippen LogP contribution in [0.25, 0.3) is 0 Å². The van der Waals surface area contributed by atoms with E-state index in [0.29, 0.717) is 0 Å². The van der Waals surface area contributed by atoms with E-state index in [1.165, 1.54) is 0 Å². The first kappa shape index (κ1) is 9.57. The van der Waals surface area contributed by atoms with Crippen molar-refractivity contribution >= 4 is 5.97 Å². The largest absolute Gasteiger partial charge is 0.480 e. The Morgan fingerprint density at radius 1 is 1.91 bits per heavy atom. The third-order valence-corrected chi connectivity index (χ3v) is 1.40. The number of carboxylic acid groups (broad SMARTS) is 1. The van der Waals surface area contributed by atoms with Gasteiger partial charge in [0.25, 0.3) is 0 Å². The SMILES string of the molecule is C#CN[C@H](C(=O)O)[C@H](C)C=C. The zero-order valence-corrected chi connectivity index (χ0v) is 6.37. The van der Waals surface area contributed by atoms with Crippen LogP contribution in [0.4, 0.5) is 0 Å². The van der Waals surface area contributed by atoms with Gasteiger partial charge in [-0.2, -0.15) is 0 Å². The van der Waals surface area contributed by atoms with Crippen LogP contribution in [0.3, 0.4) is 0 Å². The highest BCUT2D eigenvalue weighted by atomic mass is 16.4. The van der Waals surface area contributed by atoms with Gasteiger partial charge < -0.3 is 10.4 Å². The first-order valence-corrected chi connectivity index (χ1v) is 3.20. The molecule has 2 N–H and O–H groups in total. The number of aliphatic carboxylic acids is 1. The summed E-state index contributed by atoms with van der Waals surface area (Å²) in [5, 5.41) is 11.0. The molecule has 0 rings (SSSR count). The minimum Gasteiger partial charge on any atom is -0.480 e. The molecular weight excluding hydrogens is 142 g/mol. The number of nitrogens with one attached hydrogen (secondary N) is 1. The topological polar surface area (TPSA) is 49.3 Å². The molecule has 0 aromatic heterocycles. The third kappa shape index (κ3) is 2.76. The van der Waals surface area contributed by atoms with Crippen molar-refractivity contribution in [1.29, 1.82) is 0 Å². The lowest BCUT2D eigenvalue weighted by Crippen LogP contribution is -2.38. The van der Waals surface area contributed by atoms with E-state index in [9.17, 15) is 4.79 Å². The maximum absolute atomic E-state index is 10.5. The average Bonchev–Trinajstić information content (AvgIpc) is 1.98. The van der Waals surface area contributed by atoms with Crippen molar-refractivity contribution in [3.63, 3.8) is 0 Å². The molecule has 0 spiro atoms. The molecule has 3 nitrogen and oxygen atoms in total. The monoisotopic (exact) mass is 153 g/mol. The molecule has 11 heavy (non-hydrogen) atoms. The summed E-state index contributed by atoms with van der Waals surface area (Å²) in [5.74, 6) is -1.14. The maximum Gasteiger partial charge on any atom is 0.327 e. The second-order valence-electron chi connectivity index (χ2n) is 2.20. The molecule has 0 amide bonds. The molecule has 0 bridgehead atoms. The van der Waals surface area contributed by atoms with Crippen LogP contribution in [-0.2, 0) is 4.79 Å². The van der Waals surface area contributed by atoms with Gasteiger partial charge in [0.2, 0.25) is 0 Å². The molecule has 0 radical (unpaired) electrons. The minimum absolute atomic E-state index is 0.177. The van der Waals surface area contributed by atoms with Crippen molar-refractivity contribution < 1.29 is 9.90 Å². The van der Waals surface area contributed by atoms with E-state index in [0.717, 1.165) is 0 Å². The lowest BCUT2D eigenvalue weighted by atomic mass is 10.0. The predicted molar refractivity (Wildman–Crippen MR) is 42.8 cm³/mol. The van der Waals surface area contributed by atoms with Crippen LogP contribution in [0.15, 0.2) is 12.7 Å². The highest BCUT2D eigenvalue weighted by molar-refractivity contribution is 5.74. The second kappa shape index (κ2) is 4.40. The van der Waals surface area contributed by atoms with Crippen LogP contribution in [-0.4, -0.2) is 17.1 Å². The molecule has 0 aliphatic rings. The van der Waals surface area contributed by atoms with E-state index < -0.39 is 12.0 Å². The molecule has 0 saturated heterocycles. The number of carboxylic acids is 1. The van der Waals surface area contributed by atoms with Crippen LogP contribution >= 0.6 is 0 Å². The van der Waals surface area contributed by atoms with E-state index in [2.05, 4.69) is 17.9 Å². The maximum atomic E-state index is 10.5. The summed E-state index contributed by atoms with van der Waals surface area (Å²) in [6, 6.07) is 1.35. The third-order valence-electron chi connectivity index (χ3n) is 1.40. The first-order valence-electron chi connectivity index (χ1n) is 3.20. The standard InChI is InChI=1S/C8H11NO2/c1-4-6(3)7(8(10)11)9-5-2/h2,4,6-7,9H,1H2,3H3,(H,10,11)/t6-,7+/m1/s1. The quantitative estimate of drug-likeness (QED) is 0.350. The summed E-state index contributed by atoms with van der Waals surface area (Å²) in [4.78, 5) is 10.5. The van der Waals surface area contributed by atoms with Gasteiger partial charge in [0, 0.05) is 12.0 Å². The fourth-order valence-electron chi connectivity index (χ4n) is 0.644. The van der Waals surface area contributed by atoms with Gasteiger partial charge >= 0.3 is 5.97 Å². The molecule has 0 aromatic rings. The molecule has 0 unspecified atom stereocenters. The Morgan fingerprint density at radius 2 is 2.45 bits per heavy atom. The molecule has 0 heterocycles. The van der Waals surface area contributed by atoms with E-state index >= 15 is 0 Å². The van der Waals surface area contributed by atoms with Crippen molar-refractivity contribution in [3.8, 4) is 12.5 Å². The summed E-state index contributed by atoms with van der Waals surface area (Å²) >= 11 is 0. The molecule has 0 aliphatic heterocycles. The summed E-state index contributed by atoms with van der Waals surface area (Å²) in [5.41, 5.74) is 0. The van der Waals surface area contributed by atoms with E-state index in [4.69, 9.17) is 11.5 Å². The Bertz CT molecular complexity index is 193. The fraction of sp³-hybridized carbons (Fsp3) is 0.375. The zero-order valence-electron chi connectivity index (χ0n) is 6.37. The average molecular weight is 153 g/mol. The van der Waals surface area contributed by atoms with E-state index in [1.807, 2.05) is 0 Å². The highest BCUT2D eigenvalue weighted by Crippen LogP contribution is 2.03. The summed E-state index contributed by atoms with van der Waals surface area (Å²) < 4.78 is 0.